The van der Waals surface area contributed by atoms with Gasteiger partial charge in [0.15, 0.2) is 5.78 Å². The summed E-state index contributed by atoms with van der Waals surface area (Å²) in [6, 6.07) is 21.3. The Morgan fingerprint density at radius 1 is 0.903 bits per heavy atom. The Balaban J connectivity index is 1.64. The summed E-state index contributed by atoms with van der Waals surface area (Å²) in [6.07, 6.45) is 0. The molecular weight excluding hydrogens is 414 g/mol. The van der Waals surface area contributed by atoms with Gasteiger partial charge in [-0.2, -0.15) is 0 Å². The molecule has 3 rings (SSSR count). The maximum atomic E-state index is 12.8. The van der Waals surface area contributed by atoms with Crippen molar-refractivity contribution in [3.8, 4) is 0 Å². The van der Waals surface area contributed by atoms with Crippen LogP contribution < -0.4 is 15.8 Å². The first kappa shape index (κ1) is 22.4. The number of benzene rings is 3. The van der Waals surface area contributed by atoms with Crippen molar-refractivity contribution in [2.24, 2.45) is 5.14 Å². The molecule has 0 aliphatic carbocycles. The number of primary sulfonamides is 1. The zero-order valence-electron chi connectivity index (χ0n) is 16.9. The van der Waals surface area contributed by atoms with E-state index < -0.39 is 16.1 Å². The monoisotopic (exact) mass is 437 g/mol. The Morgan fingerprint density at radius 2 is 1.52 bits per heavy atom. The molecule has 0 fully saturated rings. The highest BCUT2D eigenvalue weighted by Crippen LogP contribution is 2.19. The van der Waals surface area contributed by atoms with Crippen LogP contribution in [0.4, 0.5) is 5.69 Å². The lowest BCUT2D eigenvalue weighted by Crippen LogP contribution is -2.37. The number of ketones is 1. The molecule has 4 N–H and O–H groups in total. The van der Waals surface area contributed by atoms with Crippen LogP contribution in [0.5, 0.6) is 0 Å². The van der Waals surface area contributed by atoms with Crippen LogP contribution in [0, 0.1) is 0 Å². The van der Waals surface area contributed by atoms with Gasteiger partial charge in [0, 0.05) is 17.7 Å². The summed E-state index contributed by atoms with van der Waals surface area (Å²) < 4.78 is 22.6. The third kappa shape index (κ3) is 5.85. The van der Waals surface area contributed by atoms with Gasteiger partial charge in [0.1, 0.15) is 0 Å². The molecule has 3 aromatic rings. The topological polar surface area (TPSA) is 118 Å². The lowest BCUT2D eigenvalue weighted by Gasteiger charge is -2.16. The van der Waals surface area contributed by atoms with Crippen molar-refractivity contribution in [1.29, 1.82) is 0 Å². The zero-order chi connectivity index (χ0) is 22.4. The molecule has 0 heterocycles. The Kier molecular flexibility index (Phi) is 6.96. The number of nitrogens with one attached hydrogen (secondary N) is 2. The number of anilines is 1. The highest BCUT2D eigenvalue weighted by molar-refractivity contribution is 7.89. The summed E-state index contributed by atoms with van der Waals surface area (Å²) in [4.78, 5) is 25.5. The van der Waals surface area contributed by atoms with Crippen LogP contribution in [0.15, 0.2) is 83.8 Å². The van der Waals surface area contributed by atoms with Gasteiger partial charge in [-0.15, -0.1) is 0 Å². The van der Waals surface area contributed by atoms with Crippen LogP contribution in [-0.4, -0.2) is 26.2 Å². The van der Waals surface area contributed by atoms with Crippen molar-refractivity contribution >= 4 is 27.4 Å². The molecule has 0 unspecified atom stereocenters. The number of nitrogens with two attached hydrogens (primary N) is 1. The van der Waals surface area contributed by atoms with E-state index in [1.54, 1.807) is 67.6 Å². The number of hydrogen-bond donors (Lipinski definition) is 3. The Bertz CT molecular complexity index is 1180. The predicted molar refractivity (Wildman–Crippen MR) is 119 cm³/mol. The maximum absolute atomic E-state index is 12.8. The minimum absolute atomic E-state index is 0.0294. The van der Waals surface area contributed by atoms with E-state index in [9.17, 15) is 18.0 Å². The number of hydrogen-bond acceptors (Lipinski definition) is 5. The first-order valence-electron chi connectivity index (χ1n) is 9.60. The van der Waals surface area contributed by atoms with Gasteiger partial charge in [-0.05, 0) is 36.8 Å². The SMILES string of the molecule is C[C@H](NCc1ccc(S(N)(=O)=O)cc1)C(=O)Nc1ccccc1C(=O)c1ccccc1. The fourth-order valence-electron chi connectivity index (χ4n) is 2.94. The minimum atomic E-state index is -3.74. The molecule has 0 spiro atoms. The van der Waals surface area contributed by atoms with Gasteiger partial charge in [-0.1, -0.05) is 54.6 Å². The molecule has 1 atom stereocenters. The summed E-state index contributed by atoms with van der Waals surface area (Å²) in [6.45, 7) is 2.06. The van der Waals surface area contributed by atoms with Gasteiger partial charge in [0.05, 0.1) is 16.6 Å². The number of sulfonamides is 1. The molecule has 0 aromatic heterocycles. The number of para-hydroxylation sites is 1. The van der Waals surface area contributed by atoms with Gasteiger partial charge >= 0.3 is 0 Å². The Labute approximate surface area is 181 Å². The predicted octanol–water partition coefficient (Wildman–Crippen LogP) is 2.68. The van der Waals surface area contributed by atoms with Crippen LogP contribution >= 0.6 is 0 Å². The highest BCUT2D eigenvalue weighted by atomic mass is 32.2. The van der Waals surface area contributed by atoms with Gasteiger partial charge in [0.2, 0.25) is 15.9 Å². The lowest BCUT2D eigenvalue weighted by atomic mass is 10.0. The highest BCUT2D eigenvalue weighted by Gasteiger charge is 2.18. The first-order chi connectivity index (χ1) is 14.8. The summed E-state index contributed by atoms with van der Waals surface area (Å²) >= 11 is 0. The van der Waals surface area contributed by atoms with Gasteiger partial charge in [0.25, 0.3) is 0 Å². The van der Waals surface area contributed by atoms with Crippen molar-refractivity contribution in [3.63, 3.8) is 0 Å². The van der Waals surface area contributed by atoms with Gasteiger partial charge in [-0.3, -0.25) is 9.59 Å². The molecule has 0 bridgehead atoms. The van der Waals surface area contributed by atoms with E-state index >= 15 is 0 Å². The average molecular weight is 438 g/mol. The van der Waals surface area contributed by atoms with Crippen LogP contribution in [-0.2, 0) is 21.4 Å². The second kappa shape index (κ2) is 9.65. The molecule has 31 heavy (non-hydrogen) atoms. The molecule has 8 heteroatoms. The maximum Gasteiger partial charge on any atom is 0.241 e. The molecule has 7 nitrogen and oxygen atoms in total. The van der Waals surface area contributed by atoms with E-state index in [-0.39, 0.29) is 16.6 Å². The van der Waals surface area contributed by atoms with E-state index in [1.165, 1.54) is 12.1 Å². The standard InChI is InChI=1S/C23H23N3O4S/c1-16(25-15-17-11-13-19(14-12-17)31(24,29)30)23(28)26-21-10-6-5-9-20(21)22(27)18-7-3-2-4-8-18/h2-14,16,25H,15H2,1H3,(H,26,28)(H2,24,29,30)/t16-/m0/s1. The second-order valence-corrected chi connectivity index (χ2v) is 8.58. The lowest BCUT2D eigenvalue weighted by molar-refractivity contribution is -0.117. The number of rotatable bonds is 8. The summed E-state index contributed by atoms with van der Waals surface area (Å²) in [5.41, 5.74) is 2.19. The molecule has 0 aliphatic heterocycles. The van der Waals surface area contributed by atoms with Crippen molar-refractivity contribution in [2.75, 3.05) is 5.32 Å². The quantitative estimate of drug-likeness (QED) is 0.468. The van der Waals surface area contributed by atoms with E-state index in [2.05, 4.69) is 10.6 Å². The fraction of sp³-hybridized carbons (Fsp3) is 0.130. The van der Waals surface area contributed by atoms with Crippen LogP contribution in [0.1, 0.15) is 28.4 Å². The fourth-order valence-corrected chi connectivity index (χ4v) is 3.45. The van der Waals surface area contributed by atoms with Crippen molar-refractivity contribution in [1.82, 2.24) is 5.32 Å². The molecule has 0 aliphatic rings. The summed E-state index contributed by atoms with van der Waals surface area (Å²) in [7, 11) is -3.74. The van der Waals surface area contributed by atoms with Crippen LogP contribution in [0.25, 0.3) is 0 Å². The van der Waals surface area contributed by atoms with Crippen molar-refractivity contribution in [3.05, 3.63) is 95.6 Å². The Hall–Kier alpha value is -3.33. The number of carbonyl (C=O) groups excluding carboxylic acids is 2. The van der Waals surface area contributed by atoms with E-state index in [0.29, 0.717) is 23.4 Å². The molecule has 0 saturated heterocycles. The van der Waals surface area contributed by atoms with E-state index in [4.69, 9.17) is 5.14 Å². The zero-order valence-corrected chi connectivity index (χ0v) is 17.7. The number of amides is 1. The van der Waals surface area contributed by atoms with Gasteiger partial charge in [-0.25, -0.2) is 13.6 Å². The molecule has 160 valence electrons. The molecule has 1 amide bonds. The molecule has 0 radical (unpaired) electrons. The largest absolute Gasteiger partial charge is 0.324 e. The van der Waals surface area contributed by atoms with E-state index in [1.807, 2.05) is 6.07 Å². The average Bonchev–Trinajstić information content (AvgIpc) is 2.77. The summed E-state index contributed by atoms with van der Waals surface area (Å²) in [5.74, 6) is -0.471. The second-order valence-electron chi connectivity index (χ2n) is 7.02. The van der Waals surface area contributed by atoms with Crippen LogP contribution in [0.2, 0.25) is 0 Å². The van der Waals surface area contributed by atoms with E-state index in [0.717, 1.165) is 5.56 Å². The van der Waals surface area contributed by atoms with Crippen molar-refractivity contribution in [2.45, 2.75) is 24.4 Å². The minimum Gasteiger partial charge on any atom is -0.324 e. The molecule has 3 aromatic carbocycles. The summed E-state index contributed by atoms with van der Waals surface area (Å²) in [5, 5.41) is 11.0. The van der Waals surface area contributed by atoms with Gasteiger partial charge < -0.3 is 10.6 Å². The third-order valence-corrected chi connectivity index (χ3v) is 5.65. The Morgan fingerprint density at radius 3 is 2.16 bits per heavy atom. The smallest absolute Gasteiger partial charge is 0.241 e. The third-order valence-electron chi connectivity index (χ3n) is 4.72. The normalized spacial score (nSPS) is 12.2. The molecule has 0 saturated carbocycles. The number of carbonyl (C=O) groups is 2. The van der Waals surface area contributed by atoms with Crippen molar-refractivity contribution < 1.29 is 18.0 Å². The molecular formula is C23H23N3O4S. The first-order valence-corrected chi connectivity index (χ1v) is 11.1. The van der Waals surface area contributed by atoms with Crippen LogP contribution in [0.3, 0.4) is 0 Å².